The summed E-state index contributed by atoms with van der Waals surface area (Å²) < 4.78 is 11.3. The Morgan fingerprint density at radius 3 is 2.23 bits per heavy atom. The van der Waals surface area contributed by atoms with Gasteiger partial charge in [0.25, 0.3) is 0 Å². The third kappa shape index (κ3) is 3.49. The Morgan fingerprint density at radius 1 is 1.00 bits per heavy atom. The lowest BCUT2D eigenvalue weighted by Crippen LogP contribution is -2.37. The molecule has 0 radical (unpaired) electrons. The molecule has 0 saturated heterocycles. The number of benzene rings is 2. The molecule has 2 aromatic carbocycles. The van der Waals surface area contributed by atoms with Crippen molar-refractivity contribution in [1.29, 1.82) is 0 Å². The highest BCUT2D eigenvalue weighted by molar-refractivity contribution is 5.93. The first-order valence-electron chi connectivity index (χ1n) is 8.16. The molecule has 0 atom stereocenters. The average Bonchev–Trinajstić information content (AvgIpc) is 2.67. The predicted molar refractivity (Wildman–Crippen MR) is 96.2 cm³/mol. The summed E-state index contributed by atoms with van der Waals surface area (Å²) in [5.41, 5.74) is -0.332. The number of carbonyl (C=O) groups excluding carboxylic acids is 1. The molecule has 0 aliphatic rings. The van der Waals surface area contributed by atoms with Crippen molar-refractivity contribution in [3.05, 3.63) is 92.8 Å². The van der Waals surface area contributed by atoms with Crippen LogP contribution >= 0.6 is 0 Å². The van der Waals surface area contributed by atoms with Crippen molar-refractivity contribution < 1.29 is 13.9 Å². The van der Waals surface area contributed by atoms with E-state index in [2.05, 4.69) is 0 Å². The molecule has 0 bridgehead atoms. The molecule has 0 saturated carbocycles. The second-order valence-electron chi connectivity index (χ2n) is 5.53. The molecule has 6 nitrogen and oxygen atoms in total. The fourth-order valence-corrected chi connectivity index (χ4v) is 2.65. The summed E-state index contributed by atoms with van der Waals surface area (Å²) >= 11 is 0. The molecule has 0 fully saturated rings. The highest BCUT2D eigenvalue weighted by Crippen LogP contribution is 2.23. The Hall–Kier alpha value is -3.41. The molecular formula is C20H17NO5. The van der Waals surface area contributed by atoms with Crippen LogP contribution in [0.4, 0.5) is 0 Å². The molecule has 0 spiro atoms. The largest absolute Gasteiger partial charge is 0.460 e. The van der Waals surface area contributed by atoms with Crippen molar-refractivity contribution in [2.75, 3.05) is 6.61 Å². The summed E-state index contributed by atoms with van der Waals surface area (Å²) in [6.07, 6.45) is 0. The van der Waals surface area contributed by atoms with E-state index in [-0.39, 0.29) is 24.6 Å². The van der Waals surface area contributed by atoms with Gasteiger partial charge in [0.2, 0.25) is 5.76 Å². The summed E-state index contributed by atoms with van der Waals surface area (Å²) in [6, 6.07) is 18.0. The van der Waals surface area contributed by atoms with Crippen molar-refractivity contribution in [3.63, 3.8) is 0 Å². The molecule has 1 aromatic heterocycles. The monoisotopic (exact) mass is 351 g/mol. The van der Waals surface area contributed by atoms with Gasteiger partial charge in [-0.2, -0.15) is 0 Å². The van der Waals surface area contributed by atoms with Gasteiger partial charge in [0, 0.05) is 5.56 Å². The SMILES string of the molecule is CCOC(=O)c1oc(=O)c(=O)n(Cc2ccccc2)c1-c1ccccc1. The molecule has 3 rings (SSSR count). The van der Waals surface area contributed by atoms with Gasteiger partial charge in [0.05, 0.1) is 13.2 Å². The number of hydrogen-bond acceptors (Lipinski definition) is 5. The minimum Gasteiger partial charge on any atom is -0.460 e. The van der Waals surface area contributed by atoms with Crippen molar-refractivity contribution in [2.24, 2.45) is 0 Å². The van der Waals surface area contributed by atoms with Crippen LogP contribution in [-0.4, -0.2) is 17.1 Å². The molecule has 3 aromatic rings. The minimum absolute atomic E-state index is 0.120. The highest BCUT2D eigenvalue weighted by atomic mass is 16.5. The molecule has 0 aliphatic carbocycles. The number of rotatable bonds is 5. The maximum absolute atomic E-state index is 12.5. The van der Waals surface area contributed by atoms with Crippen molar-refractivity contribution >= 4 is 5.97 Å². The second kappa shape index (κ2) is 7.65. The standard InChI is InChI=1S/C20H17NO5/c1-2-25-19(23)17-16(15-11-7-4-8-12-15)21(18(22)20(24)26-17)13-14-9-5-3-6-10-14/h3-12H,2,13H2,1H3. The molecule has 132 valence electrons. The van der Waals surface area contributed by atoms with Gasteiger partial charge in [-0.05, 0) is 12.5 Å². The number of ether oxygens (including phenoxy) is 1. The van der Waals surface area contributed by atoms with Crippen LogP contribution in [0.15, 0.2) is 74.7 Å². The number of esters is 1. The van der Waals surface area contributed by atoms with Crippen LogP contribution in [0, 0.1) is 0 Å². The van der Waals surface area contributed by atoms with Crippen molar-refractivity contribution in [2.45, 2.75) is 13.5 Å². The first-order chi connectivity index (χ1) is 12.6. The third-order valence-electron chi connectivity index (χ3n) is 3.79. The van der Waals surface area contributed by atoms with Gasteiger partial charge in [-0.15, -0.1) is 0 Å². The lowest BCUT2D eigenvalue weighted by Gasteiger charge is -2.15. The van der Waals surface area contributed by atoms with Gasteiger partial charge in [-0.3, -0.25) is 9.36 Å². The van der Waals surface area contributed by atoms with E-state index in [0.717, 1.165) is 5.56 Å². The first-order valence-corrected chi connectivity index (χ1v) is 8.16. The van der Waals surface area contributed by atoms with Crippen LogP contribution < -0.4 is 11.2 Å². The maximum atomic E-state index is 12.5. The zero-order valence-electron chi connectivity index (χ0n) is 14.2. The summed E-state index contributed by atoms with van der Waals surface area (Å²) in [5, 5.41) is 0. The number of nitrogens with zero attached hydrogens (tertiary/aromatic N) is 1. The first kappa shape index (κ1) is 17.4. The Bertz CT molecular complexity index is 1020. The fraction of sp³-hybridized carbons (Fsp3) is 0.150. The van der Waals surface area contributed by atoms with Crippen LogP contribution in [0.5, 0.6) is 0 Å². The van der Waals surface area contributed by atoms with Gasteiger partial charge < -0.3 is 9.15 Å². The zero-order valence-corrected chi connectivity index (χ0v) is 14.2. The van der Waals surface area contributed by atoms with E-state index in [1.165, 1.54) is 4.57 Å². The molecule has 0 aliphatic heterocycles. The van der Waals surface area contributed by atoms with Crippen LogP contribution in [0.3, 0.4) is 0 Å². The molecule has 0 unspecified atom stereocenters. The number of carbonyl (C=O) groups is 1. The highest BCUT2D eigenvalue weighted by Gasteiger charge is 2.24. The molecule has 0 N–H and O–H groups in total. The molecule has 6 heteroatoms. The van der Waals surface area contributed by atoms with Crippen LogP contribution in [-0.2, 0) is 11.3 Å². The normalized spacial score (nSPS) is 10.5. The quantitative estimate of drug-likeness (QED) is 0.522. The summed E-state index contributed by atoms with van der Waals surface area (Å²) in [5.74, 6) is -1.07. The van der Waals surface area contributed by atoms with Gasteiger partial charge in [0.15, 0.2) is 0 Å². The smallest absolute Gasteiger partial charge is 0.403 e. The van der Waals surface area contributed by atoms with Gasteiger partial charge in [-0.25, -0.2) is 9.59 Å². The Balaban J connectivity index is 2.28. The van der Waals surface area contributed by atoms with Crippen molar-refractivity contribution in [3.8, 4) is 11.3 Å². The van der Waals surface area contributed by atoms with Crippen molar-refractivity contribution in [1.82, 2.24) is 4.57 Å². The van der Waals surface area contributed by atoms with E-state index >= 15 is 0 Å². The number of aromatic nitrogens is 1. The topological polar surface area (TPSA) is 78.5 Å². The van der Waals surface area contributed by atoms with Crippen LogP contribution in [0.2, 0.25) is 0 Å². The van der Waals surface area contributed by atoms with E-state index in [9.17, 15) is 14.4 Å². The molecule has 1 heterocycles. The third-order valence-corrected chi connectivity index (χ3v) is 3.79. The maximum Gasteiger partial charge on any atom is 0.403 e. The Morgan fingerprint density at radius 2 is 1.62 bits per heavy atom. The van der Waals surface area contributed by atoms with Gasteiger partial charge in [-0.1, -0.05) is 60.7 Å². The summed E-state index contributed by atoms with van der Waals surface area (Å²) in [4.78, 5) is 36.9. The van der Waals surface area contributed by atoms with E-state index in [0.29, 0.717) is 5.56 Å². The minimum atomic E-state index is -1.11. The lowest BCUT2D eigenvalue weighted by molar-refractivity contribution is 0.0483. The second-order valence-corrected chi connectivity index (χ2v) is 5.53. The Kier molecular flexibility index (Phi) is 5.12. The van der Waals surface area contributed by atoms with E-state index in [1.807, 2.05) is 36.4 Å². The summed E-state index contributed by atoms with van der Waals surface area (Å²) in [6.45, 7) is 1.90. The summed E-state index contributed by atoms with van der Waals surface area (Å²) in [7, 11) is 0. The fourth-order valence-electron chi connectivity index (χ4n) is 2.65. The lowest BCUT2D eigenvalue weighted by atomic mass is 10.1. The predicted octanol–water partition coefficient (Wildman–Crippen LogP) is 2.69. The van der Waals surface area contributed by atoms with E-state index < -0.39 is 17.2 Å². The van der Waals surface area contributed by atoms with Gasteiger partial charge >= 0.3 is 17.2 Å². The van der Waals surface area contributed by atoms with E-state index in [4.69, 9.17) is 9.15 Å². The molecular weight excluding hydrogens is 334 g/mol. The van der Waals surface area contributed by atoms with E-state index in [1.54, 1.807) is 31.2 Å². The van der Waals surface area contributed by atoms with Crippen LogP contribution in [0.25, 0.3) is 11.3 Å². The molecule has 26 heavy (non-hydrogen) atoms. The average molecular weight is 351 g/mol. The zero-order chi connectivity index (χ0) is 18.5. The Labute approximate surface area is 149 Å². The van der Waals surface area contributed by atoms with Gasteiger partial charge in [0.1, 0.15) is 5.69 Å². The van der Waals surface area contributed by atoms with Crippen LogP contribution in [0.1, 0.15) is 23.0 Å². The number of hydrogen-bond donors (Lipinski definition) is 0. The molecule has 0 amide bonds.